The summed E-state index contributed by atoms with van der Waals surface area (Å²) in [6.45, 7) is 2.38. The van der Waals surface area contributed by atoms with E-state index in [0.29, 0.717) is 18.0 Å². The number of aromatic nitrogens is 2. The van der Waals surface area contributed by atoms with Crippen molar-refractivity contribution in [1.29, 1.82) is 0 Å². The summed E-state index contributed by atoms with van der Waals surface area (Å²) in [7, 11) is 0. The van der Waals surface area contributed by atoms with Crippen LogP contribution in [0.2, 0.25) is 0 Å². The maximum atomic E-state index is 12.3. The van der Waals surface area contributed by atoms with Crippen molar-refractivity contribution in [2.75, 3.05) is 18.5 Å². The van der Waals surface area contributed by atoms with Crippen molar-refractivity contribution in [2.45, 2.75) is 13.3 Å². The first-order valence-electron chi connectivity index (χ1n) is 9.02. The lowest BCUT2D eigenvalue weighted by atomic mass is 10.2. The Balaban J connectivity index is 1.51. The lowest BCUT2D eigenvalue weighted by Crippen LogP contribution is -2.28. The molecule has 0 saturated heterocycles. The van der Waals surface area contributed by atoms with Gasteiger partial charge in [-0.25, -0.2) is 4.68 Å². The van der Waals surface area contributed by atoms with E-state index in [0.717, 1.165) is 11.3 Å². The van der Waals surface area contributed by atoms with Gasteiger partial charge in [-0.1, -0.05) is 18.2 Å². The van der Waals surface area contributed by atoms with Gasteiger partial charge in [-0.3, -0.25) is 9.59 Å². The topological polar surface area (TPSA) is 85.2 Å². The van der Waals surface area contributed by atoms with E-state index < -0.39 is 0 Å². The molecule has 3 aromatic rings. The molecule has 1 heterocycles. The van der Waals surface area contributed by atoms with Crippen molar-refractivity contribution in [1.82, 2.24) is 15.1 Å². The van der Waals surface area contributed by atoms with E-state index >= 15 is 0 Å². The number of carbonyl (C=O) groups excluding carboxylic acids is 2. The number of hydrogen-bond acceptors (Lipinski definition) is 4. The third kappa shape index (κ3) is 5.44. The van der Waals surface area contributed by atoms with E-state index in [4.69, 9.17) is 4.74 Å². The second-order valence-corrected chi connectivity index (χ2v) is 6.12. The molecule has 0 aliphatic carbocycles. The van der Waals surface area contributed by atoms with Gasteiger partial charge >= 0.3 is 0 Å². The summed E-state index contributed by atoms with van der Waals surface area (Å²) in [5.41, 5.74) is 2.42. The second-order valence-electron chi connectivity index (χ2n) is 6.12. The van der Waals surface area contributed by atoms with Gasteiger partial charge in [0.15, 0.2) is 6.61 Å². The average molecular weight is 378 g/mol. The molecule has 3 rings (SSSR count). The predicted octanol–water partition coefficient (Wildman–Crippen LogP) is 2.57. The maximum Gasteiger partial charge on any atom is 0.257 e. The fourth-order valence-electron chi connectivity index (χ4n) is 2.60. The zero-order valence-electron chi connectivity index (χ0n) is 15.6. The van der Waals surface area contributed by atoms with Crippen LogP contribution in [0.25, 0.3) is 5.69 Å². The summed E-state index contributed by atoms with van der Waals surface area (Å²) in [4.78, 5) is 23.7. The molecule has 1 aromatic heterocycles. The van der Waals surface area contributed by atoms with Crippen LogP contribution in [0.15, 0.2) is 67.0 Å². The summed E-state index contributed by atoms with van der Waals surface area (Å²) in [6, 6.07) is 16.6. The van der Waals surface area contributed by atoms with Crippen LogP contribution in [0.1, 0.15) is 12.5 Å². The highest BCUT2D eigenvalue weighted by atomic mass is 16.5. The first-order chi connectivity index (χ1) is 13.6. The molecule has 2 N–H and O–H groups in total. The SMILES string of the molecule is CCNC(=O)COc1ccc(NC(=O)Cc2cnn(-c3ccccc3)c2)cc1. The predicted molar refractivity (Wildman–Crippen MR) is 107 cm³/mol. The lowest BCUT2D eigenvalue weighted by Gasteiger charge is -2.08. The van der Waals surface area contributed by atoms with E-state index in [9.17, 15) is 9.59 Å². The van der Waals surface area contributed by atoms with Crippen LogP contribution < -0.4 is 15.4 Å². The highest BCUT2D eigenvalue weighted by Gasteiger charge is 2.08. The highest BCUT2D eigenvalue weighted by molar-refractivity contribution is 5.92. The molecule has 2 aromatic carbocycles. The standard InChI is InChI=1S/C21H22N4O3/c1-2-22-21(27)15-28-19-10-8-17(9-11-19)24-20(26)12-16-13-23-25(14-16)18-6-4-3-5-7-18/h3-11,13-14H,2,12,15H2,1H3,(H,22,27)(H,24,26). The number of nitrogens with zero attached hydrogens (tertiary/aromatic N) is 2. The minimum Gasteiger partial charge on any atom is -0.484 e. The van der Waals surface area contributed by atoms with Gasteiger partial charge in [-0.2, -0.15) is 5.10 Å². The number of amides is 2. The molecule has 144 valence electrons. The second kappa shape index (κ2) is 9.36. The van der Waals surface area contributed by atoms with Crippen molar-refractivity contribution in [2.24, 2.45) is 0 Å². The molecule has 7 nitrogen and oxygen atoms in total. The van der Waals surface area contributed by atoms with E-state index in [-0.39, 0.29) is 24.8 Å². The van der Waals surface area contributed by atoms with Gasteiger partial charge in [-0.05, 0) is 48.9 Å². The number of nitrogens with one attached hydrogen (secondary N) is 2. The number of likely N-dealkylation sites (N-methyl/N-ethyl adjacent to an activating group) is 1. The molecule has 0 aliphatic rings. The summed E-state index contributed by atoms with van der Waals surface area (Å²) in [6.07, 6.45) is 3.75. The highest BCUT2D eigenvalue weighted by Crippen LogP contribution is 2.16. The zero-order valence-corrected chi connectivity index (χ0v) is 15.6. The zero-order chi connectivity index (χ0) is 19.8. The minimum atomic E-state index is -0.170. The third-order valence-corrected chi connectivity index (χ3v) is 3.90. The number of benzene rings is 2. The van der Waals surface area contributed by atoms with Crippen LogP contribution in [0, 0.1) is 0 Å². The number of ether oxygens (including phenoxy) is 1. The number of carbonyl (C=O) groups is 2. The van der Waals surface area contributed by atoms with E-state index in [1.807, 2.05) is 43.5 Å². The quantitative estimate of drug-likeness (QED) is 0.631. The van der Waals surface area contributed by atoms with Crippen molar-refractivity contribution < 1.29 is 14.3 Å². The molecule has 0 aliphatic heterocycles. The molecule has 0 radical (unpaired) electrons. The molecule has 7 heteroatoms. The normalized spacial score (nSPS) is 10.3. The van der Waals surface area contributed by atoms with Crippen LogP contribution in [0.5, 0.6) is 5.75 Å². The van der Waals surface area contributed by atoms with E-state index in [1.165, 1.54) is 0 Å². The monoisotopic (exact) mass is 378 g/mol. The van der Waals surface area contributed by atoms with Crippen molar-refractivity contribution in [3.05, 3.63) is 72.6 Å². The summed E-state index contributed by atoms with van der Waals surface area (Å²) >= 11 is 0. The minimum absolute atomic E-state index is 0.0368. The van der Waals surface area contributed by atoms with Gasteiger partial charge in [0, 0.05) is 18.4 Å². The molecule has 0 saturated carbocycles. The Hall–Kier alpha value is -3.61. The maximum absolute atomic E-state index is 12.3. The molecule has 0 unspecified atom stereocenters. The first-order valence-corrected chi connectivity index (χ1v) is 9.02. The Morgan fingerprint density at radius 3 is 2.50 bits per heavy atom. The smallest absolute Gasteiger partial charge is 0.257 e. The van der Waals surface area contributed by atoms with Crippen LogP contribution in [-0.2, 0) is 16.0 Å². The first kappa shape index (κ1) is 19.2. The Bertz CT molecular complexity index is 920. The van der Waals surface area contributed by atoms with Gasteiger partial charge in [-0.15, -0.1) is 0 Å². The van der Waals surface area contributed by atoms with Gasteiger partial charge < -0.3 is 15.4 Å². The Morgan fingerprint density at radius 2 is 1.79 bits per heavy atom. The fraction of sp³-hybridized carbons (Fsp3) is 0.190. The van der Waals surface area contributed by atoms with E-state index in [2.05, 4.69) is 15.7 Å². The Kier molecular flexibility index (Phi) is 6.41. The largest absolute Gasteiger partial charge is 0.484 e. The lowest BCUT2D eigenvalue weighted by molar-refractivity contribution is -0.123. The fourth-order valence-corrected chi connectivity index (χ4v) is 2.60. The van der Waals surface area contributed by atoms with Crippen LogP contribution in [0.4, 0.5) is 5.69 Å². The molecule has 0 spiro atoms. The molecule has 2 amide bonds. The van der Waals surface area contributed by atoms with Crippen LogP contribution >= 0.6 is 0 Å². The van der Waals surface area contributed by atoms with Crippen LogP contribution in [-0.4, -0.2) is 34.7 Å². The summed E-state index contributed by atoms with van der Waals surface area (Å²) in [5, 5.41) is 9.80. The number of rotatable bonds is 8. The van der Waals surface area contributed by atoms with Gasteiger partial charge in [0.1, 0.15) is 5.75 Å². The number of hydrogen-bond donors (Lipinski definition) is 2. The molecular formula is C21H22N4O3. The molecule has 0 fully saturated rings. The third-order valence-electron chi connectivity index (χ3n) is 3.90. The molecule has 0 atom stereocenters. The van der Waals surface area contributed by atoms with Gasteiger partial charge in [0.25, 0.3) is 5.91 Å². The van der Waals surface area contributed by atoms with E-state index in [1.54, 1.807) is 35.1 Å². The van der Waals surface area contributed by atoms with Crippen molar-refractivity contribution in [3.63, 3.8) is 0 Å². The van der Waals surface area contributed by atoms with Gasteiger partial charge in [0.2, 0.25) is 5.91 Å². The number of anilines is 1. The molecular weight excluding hydrogens is 356 g/mol. The van der Waals surface area contributed by atoms with Crippen LogP contribution in [0.3, 0.4) is 0 Å². The number of para-hydroxylation sites is 1. The Labute approximate surface area is 163 Å². The van der Waals surface area contributed by atoms with Crippen molar-refractivity contribution >= 4 is 17.5 Å². The molecule has 0 bridgehead atoms. The molecule has 28 heavy (non-hydrogen) atoms. The average Bonchev–Trinajstić information content (AvgIpc) is 3.17. The summed E-state index contributed by atoms with van der Waals surface area (Å²) in [5.74, 6) is 0.257. The Morgan fingerprint density at radius 1 is 1.04 bits per heavy atom. The summed E-state index contributed by atoms with van der Waals surface area (Å²) < 4.78 is 7.12. The van der Waals surface area contributed by atoms with Crippen molar-refractivity contribution in [3.8, 4) is 11.4 Å². The van der Waals surface area contributed by atoms with Gasteiger partial charge in [0.05, 0.1) is 18.3 Å².